The second-order valence-electron chi connectivity index (χ2n) is 18.0. The van der Waals surface area contributed by atoms with Gasteiger partial charge in [-0.3, -0.25) is 63.1 Å². The molecule has 0 radical (unpaired) electrons. The van der Waals surface area contributed by atoms with Gasteiger partial charge in [-0.05, 0) is 80.0 Å². The van der Waals surface area contributed by atoms with Crippen LogP contribution in [0.4, 0.5) is 5.69 Å². The first kappa shape index (κ1) is 46.7. The number of benzene rings is 2. The zero-order chi connectivity index (χ0) is 48.7. The molecule has 0 bridgehead atoms. The molecule has 4 aliphatic heterocycles. The van der Waals surface area contributed by atoms with Crippen molar-refractivity contribution in [1.29, 1.82) is 0 Å². The van der Waals surface area contributed by atoms with E-state index in [1.54, 1.807) is 43.2 Å². The van der Waals surface area contributed by atoms with Gasteiger partial charge in [0.05, 0.1) is 11.1 Å². The Labute approximate surface area is 399 Å². The van der Waals surface area contributed by atoms with E-state index in [0.29, 0.717) is 66.1 Å². The van der Waals surface area contributed by atoms with Crippen LogP contribution in [-0.2, 0) is 49.7 Å². The summed E-state index contributed by atoms with van der Waals surface area (Å²) in [6.07, 6.45) is 9.72. The number of carbonyl (C=O) groups is 9. The molecule has 5 aliphatic rings. The Morgan fingerprint density at radius 3 is 2.32 bits per heavy atom. The monoisotopic (exact) mass is 957 g/mol. The minimum absolute atomic E-state index is 0.0319. The first-order valence-corrected chi connectivity index (χ1v) is 24.5. The summed E-state index contributed by atoms with van der Waals surface area (Å²) in [5.41, 5.74) is 5.66. The van der Waals surface area contributed by atoms with Gasteiger partial charge in [0.1, 0.15) is 17.3 Å². The van der Waals surface area contributed by atoms with Crippen molar-refractivity contribution < 1.29 is 43.2 Å². The molecule has 69 heavy (non-hydrogen) atoms. The number of hydrogen-bond acceptors (Lipinski definition) is 12. The van der Waals surface area contributed by atoms with Gasteiger partial charge in [0.2, 0.25) is 17.7 Å². The second-order valence-corrected chi connectivity index (χ2v) is 18.9. The van der Waals surface area contributed by atoms with Gasteiger partial charge in [-0.1, -0.05) is 12.1 Å². The van der Waals surface area contributed by atoms with E-state index in [2.05, 4.69) is 31.2 Å². The molecule has 9 rings (SSSR count). The molecule has 0 spiro atoms. The molecule has 2 aromatic carbocycles. The minimum atomic E-state index is -1.06. The number of nitrogens with zero attached hydrogens (tertiary/aromatic N) is 4. The second kappa shape index (κ2) is 19.3. The van der Waals surface area contributed by atoms with Crippen molar-refractivity contribution in [2.24, 2.45) is 13.0 Å². The standard InChI is InChI=1S/C49H51N9O10S/c1-55-23-32-31-20-28(25-69-2)30(44(63)51-16-4-3-6-27-7-5-8-29-40(27)48(67)58(47(29)66)34-11-12-37(60)53-45(34)64)21-35(31)56(22-26-9-10-26)24-33-41(32)43(49(55)68)54-42(33)46(65)52-18-17-50-36(59)15-19-57-38(61)13-14-39(57)62/h5,7-8,13-14,20-21,23,26,34,54H,3-4,6,9-12,15-19,22,24-25H2,1-2H3,(H,50,59)(H,51,63)(H,52,65)(H,53,60,64). The Bertz CT molecular complexity index is 2970. The number of amides is 9. The molecular weight excluding hydrogens is 907 g/mol. The largest absolute Gasteiger partial charge is 0.366 e. The van der Waals surface area contributed by atoms with Crippen molar-refractivity contribution in [3.8, 4) is 11.1 Å². The predicted molar refractivity (Wildman–Crippen MR) is 254 cm³/mol. The van der Waals surface area contributed by atoms with Gasteiger partial charge in [-0.25, -0.2) is 0 Å². The Hall–Kier alpha value is -7.35. The summed E-state index contributed by atoms with van der Waals surface area (Å²) in [7, 11) is 1.66. The van der Waals surface area contributed by atoms with Crippen molar-refractivity contribution >= 4 is 81.5 Å². The average Bonchev–Trinajstić information content (AvgIpc) is 3.94. The summed E-state index contributed by atoms with van der Waals surface area (Å²) in [5.74, 6) is -3.35. The zero-order valence-electron chi connectivity index (χ0n) is 38.2. The Balaban J connectivity index is 0.895. The highest BCUT2D eigenvalue weighted by Crippen LogP contribution is 2.45. The number of aromatic nitrogens is 2. The number of fused-ring (bicyclic) bond motifs is 3. The Morgan fingerprint density at radius 2 is 1.58 bits per heavy atom. The molecule has 1 atom stereocenters. The van der Waals surface area contributed by atoms with E-state index in [9.17, 15) is 47.9 Å². The maximum absolute atomic E-state index is 14.2. The lowest BCUT2D eigenvalue weighted by molar-refractivity contribution is -0.138. The SMILES string of the molecule is CSCc1cc2c(cc1C(=O)NCCCCc1cccc3c1C(=O)N(C1CCC(=O)NC1=O)C3=O)N(CC1CC1)Cc1c(C(=O)NCCNC(=O)CCN3C(=O)C=CC3=O)[nH]c3c(=O)n(C)cc-2c13. The normalized spacial score (nSPS) is 17.4. The summed E-state index contributed by atoms with van der Waals surface area (Å²) in [4.78, 5) is 137. The van der Waals surface area contributed by atoms with Crippen LogP contribution in [0.3, 0.4) is 0 Å². The van der Waals surface area contributed by atoms with Gasteiger partial charge in [-0.15, -0.1) is 0 Å². The molecule has 1 saturated carbocycles. The van der Waals surface area contributed by atoms with E-state index in [4.69, 9.17) is 0 Å². The number of carbonyl (C=O) groups excluding carboxylic acids is 9. The minimum Gasteiger partial charge on any atom is -0.366 e. The van der Waals surface area contributed by atoms with Crippen LogP contribution in [0.15, 0.2) is 53.5 Å². The summed E-state index contributed by atoms with van der Waals surface area (Å²) < 4.78 is 1.48. The van der Waals surface area contributed by atoms with Crippen LogP contribution in [-0.4, -0.2) is 118 Å². The van der Waals surface area contributed by atoms with Gasteiger partial charge in [0, 0.05) is 117 Å². The van der Waals surface area contributed by atoms with E-state index in [1.165, 1.54) is 4.57 Å². The lowest BCUT2D eigenvalue weighted by Crippen LogP contribution is -2.54. The van der Waals surface area contributed by atoms with E-state index in [-0.39, 0.29) is 79.2 Å². The predicted octanol–water partition coefficient (Wildman–Crippen LogP) is 2.44. The van der Waals surface area contributed by atoms with Crippen LogP contribution < -0.4 is 31.7 Å². The number of rotatable bonds is 18. The lowest BCUT2D eigenvalue weighted by Gasteiger charge is -2.27. The number of anilines is 1. The summed E-state index contributed by atoms with van der Waals surface area (Å²) in [6, 6.07) is 7.95. The third-order valence-electron chi connectivity index (χ3n) is 13.3. The van der Waals surface area contributed by atoms with Gasteiger partial charge < -0.3 is 30.4 Å². The smallest absolute Gasteiger partial charge is 0.274 e. The number of aryl methyl sites for hydroxylation is 2. The van der Waals surface area contributed by atoms with E-state index < -0.39 is 53.3 Å². The van der Waals surface area contributed by atoms with Gasteiger partial charge >= 0.3 is 0 Å². The number of hydrogen-bond donors (Lipinski definition) is 5. The van der Waals surface area contributed by atoms with Crippen LogP contribution in [0.25, 0.3) is 22.0 Å². The maximum atomic E-state index is 14.2. The number of unbranched alkanes of at least 4 members (excludes halogenated alkanes) is 1. The molecule has 1 unspecified atom stereocenters. The molecule has 6 heterocycles. The quantitative estimate of drug-likeness (QED) is 0.0713. The first-order valence-electron chi connectivity index (χ1n) is 23.1. The number of nitrogens with one attached hydrogen (secondary N) is 5. The molecular formula is C49H51N9O10S. The fourth-order valence-electron chi connectivity index (χ4n) is 9.64. The molecule has 2 aromatic heterocycles. The van der Waals surface area contributed by atoms with E-state index >= 15 is 0 Å². The number of aromatic amines is 1. The highest BCUT2D eigenvalue weighted by molar-refractivity contribution is 7.97. The Morgan fingerprint density at radius 1 is 0.826 bits per heavy atom. The van der Waals surface area contributed by atoms with Crippen LogP contribution in [0.2, 0.25) is 0 Å². The summed E-state index contributed by atoms with van der Waals surface area (Å²) in [6.45, 7) is 1.36. The number of pyridine rings is 1. The number of imide groups is 3. The molecule has 19 nitrogen and oxygen atoms in total. The van der Waals surface area contributed by atoms with Crippen LogP contribution >= 0.6 is 11.8 Å². The highest BCUT2D eigenvalue weighted by Gasteiger charge is 2.45. The highest BCUT2D eigenvalue weighted by atomic mass is 32.2. The van der Waals surface area contributed by atoms with Crippen molar-refractivity contribution in [3.63, 3.8) is 0 Å². The summed E-state index contributed by atoms with van der Waals surface area (Å²) >= 11 is 1.57. The van der Waals surface area contributed by atoms with Gasteiger partial charge in [-0.2, -0.15) is 11.8 Å². The lowest BCUT2D eigenvalue weighted by atomic mass is 9.95. The first-order chi connectivity index (χ1) is 33.2. The third-order valence-corrected chi connectivity index (χ3v) is 13.9. The molecule has 358 valence electrons. The van der Waals surface area contributed by atoms with Crippen LogP contribution in [0.1, 0.15) is 103 Å². The van der Waals surface area contributed by atoms with Crippen molar-refractivity contribution in [3.05, 3.63) is 98.1 Å². The van der Waals surface area contributed by atoms with Crippen LogP contribution in [0, 0.1) is 5.92 Å². The Kier molecular flexibility index (Phi) is 13.1. The van der Waals surface area contributed by atoms with Crippen LogP contribution in [0.5, 0.6) is 0 Å². The number of thioether (sulfide) groups is 1. The molecule has 2 fully saturated rings. The third kappa shape index (κ3) is 9.19. The van der Waals surface area contributed by atoms with Crippen molar-refractivity contribution in [2.75, 3.05) is 43.9 Å². The van der Waals surface area contributed by atoms with Gasteiger partial charge in [0.25, 0.3) is 41.0 Å². The molecule has 9 amide bonds. The fourth-order valence-corrected chi connectivity index (χ4v) is 10.2. The van der Waals surface area contributed by atoms with E-state index in [1.807, 2.05) is 18.4 Å². The maximum Gasteiger partial charge on any atom is 0.274 e. The topological polar surface area (TPSA) is 249 Å². The molecule has 1 saturated heterocycles. The fraction of sp³-hybridized carbons (Fsp3) is 0.388. The van der Waals surface area contributed by atoms with E-state index in [0.717, 1.165) is 57.2 Å². The van der Waals surface area contributed by atoms with Crippen molar-refractivity contribution in [1.82, 2.24) is 40.6 Å². The number of H-pyrrole nitrogens is 1. The van der Waals surface area contributed by atoms with Gasteiger partial charge in [0.15, 0.2) is 0 Å². The molecule has 4 aromatic rings. The molecule has 20 heteroatoms. The summed E-state index contributed by atoms with van der Waals surface area (Å²) in [5, 5.41) is 11.5. The number of piperidine rings is 1. The zero-order valence-corrected chi connectivity index (χ0v) is 39.0. The molecule has 1 aliphatic carbocycles. The average molecular weight is 958 g/mol. The van der Waals surface area contributed by atoms with Crippen molar-refractivity contribution in [2.45, 2.75) is 69.7 Å². The molecule has 5 N–H and O–H groups in total.